The molecule has 0 radical (unpaired) electrons. The van der Waals surface area contributed by atoms with Crippen molar-refractivity contribution in [3.63, 3.8) is 0 Å². The van der Waals surface area contributed by atoms with Crippen LogP contribution in [-0.4, -0.2) is 26.9 Å². The third-order valence-corrected chi connectivity index (χ3v) is 3.34. The van der Waals surface area contributed by atoms with E-state index in [1.165, 1.54) is 19.3 Å². The van der Waals surface area contributed by atoms with Crippen LogP contribution in [0.1, 0.15) is 38.5 Å². The molecule has 0 aliphatic heterocycles. The first-order chi connectivity index (χ1) is 6.58. The Hall–Kier alpha value is -0.130. The summed E-state index contributed by atoms with van der Waals surface area (Å²) in [7, 11) is -3.31. The van der Waals surface area contributed by atoms with Gasteiger partial charge in [0, 0.05) is 6.61 Å². The first-order valence-corrected chi connectivity index (χ1v) is 6.91. The third kappa shape index (κ3) is 5.57. The van der Waals surface area contributed by atoms with E-state index in [4.69, 9.17) is 9.88 Å². The molecule has 0 atom stereocenters. The largest absolute Gasteiger partial charge is 0.378 e. The Bertz CT molecular complexity index is 245. The van der Waals surface area contributed by atoms with Crippen molar-refractivity contribution >= 4 is 10.0 Å². The molecule has 0 amide bonds. The molecule has 1 rings (SSSR count). The molecular formula is C9H19NO3S. The highest BCUT2D eigenvalue weighted by Gasteiger charge is 2.13. The second-order valence-electron chi connectivity index (χ2n) is 3.85. The van der Waals surface area contributed by atoms with Gasteiger partial charge in [-0.25, -0.2) is 13.6 Å². The number of primary sulfonamides is 1. The predicted octanol–water partition coefficient (Wildman–Crippen LogP) is 1.01. The van der Waals surface area contributed by atoms with Crippen LogP contribution in [0.25, 0.3) is 0 Å². The van der Waals surface area contributed by atoms with Gasteiger partial charge in [-0.1, -0.05) is 19.3 Å². The van der Waals surface area contributed by atoms with Gasteiger partial charge in [0.15, 0.2) is 0 Å². The second kappa shape index (κ2) is 5.68. The molecule has 0 aromatic heterocycles. The van der Waals surface area contributed by atoms with Gasteiger partial charge < -0.3 is 4.74 Å². The summed E-state index contributed by atoms with van der Waals surface area (Å²) in [5.41, 5.74) is 0. The highest BCUT2D eigenvalue weighted by Crippen LogP contribution is 2.20. The smallest absolute Gasteiger partial charge is 0.209 e. The fourth-order valence-electron chi connectivity index (χ4n) is 1.74. The molecule has 0 aromatic carbocycles. The normalized spacial score (nSPS) is 19.8. The molecule has 0 saturated heterocycles. The summed E-state index contributed by atoms with van der Waals surface area (Å²) in [5, 5.41) is 4.87. The molecule has 84 valence electrons. The van der Waals surface area contributed by atoms with Crippen molar-refractivity contribution in [1.29, 1.82) is 0 Å². The Labute approximate surface area is 85.9 Å². The van der Waals surface area contributed by atoms with Crippen molar-refractivity contribution in [2.75, 3.05) is 12.4 Å². The fourth-order valence-corrected chi connectivity index (χ4v) is 2.26. The lowest BCUT2D eigenvalue weighted by atomic mass is 9.98. The van der Waals surface area contributed by atoms with Crippen LogP contribution in [0.4, 0.5) is 0 Å². The summed E-state index contributed by atoms with van der Waals surface area (Å²) in [6, 6.07) is 0. The van der Waals surface area contributed by atoms with Crippen molar-refractivity contribution in [1.82, 2.24) is 0 Å². The number of rotatable bonds is 5. The van der Waals surface area contributed by atoms with Crippen LogP contribution >= 0.6 is 0 Å². The summed E-state index contributed by atoms with van der Waals surface area (Å²) < 4.78 is 26.8. The number of sulfonamides is 1. The Morgan fingerprint density at radius 1 is 1.21 bits per heavy atom. The number of ether oxygens (including phenoxy) is 1. The summed E-state index contributed by atoms with van der Waals surface area (Å²) in [6.45, 7) is 0.515. The summed E-state index contributed by atoms with van der Waals surface area (Å²) >= 11 is 0. The lowest BCUT2D eigenvalue weighted by Crippen LogP contribution is -2.21. The van der Waals surface area contributed by atoms with Gasteiger partial charge in [0.1, 0.15) is 0 Å². The highest BCUT2D eigenvalue weighted by molar-refractivity contribution is 7.89. The van der Waals surface area contributed by atoms with Gasteiger partial charge in [0.05, 0.1) is 11.9 Å². The highest BCUT2D eigenvalue weighted by atomic mass is 32.2. The van der Waals surface area contributed by atoms with Gasteiger partial charge in [-0.2, -0.15) is 0 Å². The number of hydrogen-bond donors (Lipinski definition) is 1. The minimum atomic E-state index is -3.31. The monoisotopic (exact) mass is 221 g/mol. The van der Waals surface area contributed by atoms with E-state index in [-0.39, 0.29) is 5.75 Å². The molecule has 1 fully saturated rings. The van der Waals surface area contributed by atoms with E-state index >= 15 is 0 Å². The minimum Gasteiger partial charge on any atom is -0.378 e. The second-order valence-corrected chi connectivity index (χ2v) is 5.59. The quantitative estimate of drug-likeness (QED) is 0.704. The molecule has 5 heteroatoms. The molecule has 0 heterocycles. The molecule has 1 saturated carbocycles. The average Bonchev–Trinajstić information content (AvgIpc) is 2.13. The molecule has 0 aromatic rings. The average molecular weight is 221 g/mol. The molecule has 4 nitrogen and oxygen atoms in total. The Morgan fingerprint density at radius 3 is 2.43 bits per heavy atom. The van der Waals surface area contributed by atoms with Crippen LogP contribution in [0, 0.1) is 0 Å². The van der Waals surface area contributed by atoms with Crippen molar-refractivity contribution in [2.45, 2.75) is 44.6 Å². The topological polar surface area (TPSA) is 69.4 Å². The first kappa shape index (κ1) is 11.9. The van der Waals surface area contributed by atoms with Gasteiger partial charge in [-0.05, 0) is 19.3 Å². The van der Waals surface area contributed by atoms with Gasteiger partial charge in [0.2, 0.25) is 10.0 Å². The Kier molecular flexibility index (Phi) is 4.84. The molecule has 1 aliphatic carbocycles. The van der Waals surface area contributed by atoms with Crippen LogP contribution in [0.3, 0.4) is 0 Å². The van der Waals surface area contributed by atoms with Gasteiger partial charge >= 0.3 is 0 Å². The molecule has 2 N–H and O–H groups in total. The van der Waals surface area contributed by atoms with Crippen LogP contribution in [0.2, 0.25) is 0 Å². The maximum Gasteiger partial charge on any atom is 0.209 e. The predicted molar refractivity (Wildman–Crippen MR) is 55.4 cm³/mol. The van der Waals surface area contributed by atoms with Crippen molar-refractivity contribution in [3.8, 4) is 0 Å². The van der Waals surface area contributed by atoms with Crippen LogP contribution in [0.15, 0.2) is 0 Å². The number of nitrogens with two attached hydrogens (primary N) is 1. The minimum absolute atomic E-state index is 0.0275. The van der Waals surface area contributed by atoms with Gasteiger partial charge in [-0.3, -0.25) is 0 Å². The maximum absolute atomic E-state index is 10.6. The number of hydrogen-bond acceptors (Lipinski definition) is 3. The van der Waals surface area contributed by atoms with E-state index in [2.05, 4.69) is 0 Å². The zero-order chi connectivity index (χ0) is 10.4. The van der Waals surface area contributed by atoms with Gasteiger partial charge in [-0.15, -0.1) is 0 Å². The molecule has 0 spiro atoms. The van der Waals surface area contributed by atoms with Crippen molar-refractivity contribution < 1.29 is 13.2 Å². The SMILES string of the molecule is NS(=O)(=O)CCCOC1CCCCC1. The molecular weight excluding hydrogens is 202 g/mol. The molecule has 14 heavy (non-hydrogen) atoms. The maximum atomic E-state index is 10.6. The van der Waals surface area contributed by atoms with E-state index in [1.807, 2.05) is 0 Å². The third-order valence-electron chi connectivity index (χ3n) is 2.48. The van der Waals surface area contributed by atoms with Crippen molar-refractivity contribution in [2.24, 2.45) is 5.14 Å². The van der Waals surface area contributed by atoms with Crippen LogP contribution < -0.4 is 5.14 Å². The van der Waals surface area contributed by atoms with Crippen LogP contribution in [-0.2, 0) is 14.8 Å². The van der Waals surface area contributed by atoms with E-state index in [0.717, 1.165) is 12.8 Å². The van der Waals surface area contributed by atoms with Crippen molar-refractivity contribution in [3.05, 3.63) is 0 Å². The lowest BCUT2D eigenvalue weighted by Gasteiger charge is -2.21. The molecule has 1 aliphatic rings. The van der Waals surface area contributed by atoms with E-state index < -0.39 is 10.0 Å². The first-order valence-electron chi connectivity index (χ1n) is 5.20. The summed E-state index contributed by atoms with van der Waals surface area (Å²) in [6.07, 6.45) is 6.88. The zero-order valence-corrected chi connectivity index (χ0v) is 9.26. The van der Waals surface area contributed by atoms with Gasteiger partial charge in [0.25, 0.3) is 0 Å². The zero-order valence-electron chi connectivity index (χ0n) is 8.44. The summed E-state index contributed by atoms with van der Waals surface area (Å²) in [5.74, 6) is 0.0275. The molecule has 0 unspecified atom stereocenters. The fraction of sp³-hybridized carbons (Fsp3) is 1.00. The Morgan fingerprint density at radius 2 is 1.86 bits per heavy atom. The molecule has 0 bridgehead atoms. The van der Waals surface area contributed by atoms with E-state index in [0.29, 0.717) is 19.1 Å². The lowest BCUT2D eigenvalue weighted by molar-refractivity contribution is 0.0291. The summed E-state index contributed by atoms with van der Waals surface area (Å²) in [4.78, 5) is 0. The van der Waals surface area contributed by atoms with Crippen LogP contribution in [0.5, 0.6) is 0 Å². The standard InChI is InChI=1S/C9H19NO3S/c10-14(11,12)8-4-7-13-9-5-2-1-3-6-9/h9H,1-8H2,(H2,10,11,12). The van der Waals surface area contributed by atoms with E-state index in [9.17, 15) is 8.42 Å². The van der Waals surface area contributed by atoms with E-state index in [1.54, 1.807) is 0 Å². The Balaban J connectivity index is 2.03.